The maximum atomic E-state index is 12.2. The Kier molecular flexibility index (Phi) is 2.11. The van der Waals surface area contributed by atoms with E-state index in [2.05, 4.69) is 0 Å². The number of benzene rings is 2. The van der Waals surface area contributed by atoms with Gasteiger partial charge in [0.2, 0.25) is 0 Å². The number of nitrogen functional groups attached to an aromatic ring is 1. The topological polar surface area (TPSA) is 46.3 Å². The molecule has 0 aromatic heterocycles. The van der Waals surface area contributed by atoms with Crippen LogP contribution in [0.25, 0.3) is 0 Å². The van der Waals surface area contributed by atoms with Gasteiger partial charge in [-0.15, -0.1) is 0 Å². The zero-order valence-electron chi connectivity index (χ0n) is 9.26. The summed E-state index contributed by atoms with van der Waals surface area (Å²) in [4.78, 5) is 13.9. The molecule has 0 atom stereocenters. The average Bonchev–Trinajstić information content (AvgIpc) is 2.68. The van der Waals surface area contributed by atoms with Gasteiger partial charge in [0.05, 0.1) is 6.54 Å². The SMILES string of the molecule is Nc1cccc(N2Cc3ccccc3C2=O)c1. The van der Waals surface area contributed by atoms with Crippen LogP contribution in [0.5, 0.6) is 0 Å². The number of fused-ring (bicyclic) bond motifs is 1. The van der Waals surface area contributed by atoms with E-state index < -0.39 is 0 Å². The number of hydrogen-bond acceptors (Lipinski definition) is 2. The van der Waals surface area contributed by atoms with E-state index in [-0.39, 0.29) is 5.91 Å². The summed E-state index contributed by atoms with van der Waals surface area (Å²) in [5.74, 6) is 0.0474. The predicted molar refractivity (Wildman–Crippen MR) is 67.8 cm³/mol. The summed E-state index contributed by atoms with van der Waals surface area (Å²) >= 11 is 0. The maximum absolute atomic E-state index is 12.2. The molecule has 3 rings (SSSR count). The molecule has 0 fully saturated rings. The van der Waals surface area contributed by atoms with Crippen molar-refractivity contribution in [3.05, 3.63) is 59.7 Å². The molecule has 17 heavy (non-hydrogen) atoms. The largest absolute Gasteiger partial charge is 0.399 e. The van der Waals surface area contributed by atoms with E-state index in [4.69, 9.17) is 5.73 Å². The molecule has 0 radical (unpaired) electrons. The lowest BCUT2D eigenvalue weighted by Gasteiger charge is -2.15. The minimum absolute atomic E-state index is 0.0474. The number of anilines is 2. The zero-order chi connectivity index (χ0) is 11.8. The molecule has 3 nitrogen and oxygen atoms in total. The summed E-state index contributed by atoms with van der Waals surface area (Å²) in [6.45, 7) is 0.623. The molecular weight excluding hydrogens is 212 g/mol. The second-order valence-corrected chi connectivity index (χ2v) is 4.14. The van der Waals surface area contributed by atoms with Gasteiger partial charge in [-0.2, -0.15) is 0 Å². The molecule has 0 saturated heterocycles. The van der Waals surface area contributed by atoms with E-state index >= 15 is 0 Å². The van der Waals surface area contributed by atoms with E-state index in [1.54, 1.807) is 4.90 Å². The third kappa shape index (κ3) is 1.56. The van der Waals surface area contributed by atoms with Crippen molar-refractivity contribution in [2.24, 2.45) is 0 Å². The van der Waals surface area contributed by atoms with Crippen LogP contribution in [-0.2, 0) is 6.54 Å². The van der Waals surface area contributed by atoms with Crippen LogP contribution in [0.15, 0.2) is 48.5 Å². The Morgan fingerprint density at radius 2 is 1.88 bits per heavy atom. The first-order valence-corrected chi connectivity index (χ1v) is 5.51. The molecule has 2 aromatic rings. The fourth-order valence-electron chi connectivity index (χ4n) is 2.16. The van der Waals surface area contributed by atoms with Gasteiger partial charge in [-0.25, -0.2) is 0 Å². The molecule has 1 amide bonds. The lowest BCUT2D eigenvalue weighted by atomic mass is 10.1. The normalized spacial score (nSPS) is 13.9. The fourth-order valence-corrected chi connectivity index (χ4v) is 2.16. The van der Waals surface area contributed by atoms with Crippen molar-refractivity contribution >= 4 is 17.3 Å². The van der Waals surface area contributed by atoms with Crippen molar-refractivity contribution in [2.75, 3.05) is 10.6 Å². The maximum Gasteiger partial charge on any atom is 0.258 e. The number of hydrogen-bond donors (Lipinski definition) is 1. The van der Waals surface area contributed by atoms with E-state index in [9.17, 15) is 4.79 Å². The van der Waals surface area contributed by atoms with Crippen molar-refractivity contribution < 1.29 is 4.79 Å². The summed E-state index contributed by atoms with van der Waals surface area (Å²) in [6.07, 6.45) is 0. The van der Waals surface area contributed by atoms with Gasteiger partial charge >= 0.3 is 0 Å². The summed E-state index contributed by atoms with van der Waals surface area (Å²) in [5.41, 5.74) is 9.12. The standard InChI is InChI=1S/C14H12N2O/c15-11-5-3-6-12(8-11)16-9-10-4-1-2-7-13(10)14(16)17/h1-8H,9,15H2. The highest BCUT2D eigenvalue weighted by atomic mass is 16.2. The van der Waals surface area contributed by atoms with Gasteiger partial charge in [0.1, 0.15) is 0 Å². The second-order valence-electron chi connectivity index (χ2n) is 4.14. The van der Waals surface area contributed by atoms with Gasteiger partial charge in [0.25, 0.3) is 5.91 Å². The second kappa shape index (κ2) is 3.63. The zero-order valence-corrected chi connectivity index (χ0v) is 9.26. The summed E-state index contributed by atoms with van der Waals surface area (Å²) in [5, 5.41) is 0. The fraction of sp³-hybridized carbons (Fsp3) is 0.0714. The van der Waals surface area contributed by atoms with Gasteiger partial charge in [-0.3, -0.25) is 4.79 Å². The first kappa shape index (κ1) is 9.90. The monoisotopic (exact) mass is 224 g/mol. The lowest BCUT2D eigenvalue weighted by molar-refractivity contribution is 0.0996. The smallest absolute Gasteiger partial charge is 0.258 e. The van der Waals surface area contributed by atoms with Crippen LogP contribution in [0, 0.1) is 0 Å². The highest BCUT2D eigenvalue weighted by Crippen LogP contribution is 2.28. The molecule has 2 N–H and O–H groups in total. The number of carbonyl (C=O) groups excluding carboxylic acids is 1. The summed E-state index contributed by atoms with van der Waals surface area (Å²) < 4.78 is 0. The molecule has 1 aliphatic rings. The number of nitrogens with zero attached hydrogens (tertiary/aromatic N) is 1. The molecule has 3 heteroatoms. The molecule has 2 aromatic carbocycles. The number of rotatable bonds is 1. The van der Waals surface area contributed by atoms with E-state index in [0.717, 1.165) is 16.8 Å². The van der Waals surface area contributed by atoms with Crippen molar-refractivity contribution in [3.8, 4) is 0 Å². The van der Waals surface area contributed by atoms with E-state index in [0.29, 0.717) is 12.2 Å². The van der Waals surface area contributed by atoms with Crippen LogP contribution in [0.2, 0.25) is 0 Å². The van der Waals surface area contributed by atoms with Crippen LogP contribution in [-0.4, -0.2) is 5.91 Å². The van der Waals surface area contributed by atoms with Crippen molar-refractivity contribution in [1.82, 2.24) is 0 Å². The molecule has 0 aliphatic carbocycles. The molecule has 0 bridgehead atoms. The van der Waals surface area contributed by atoms with Gasteiger partial charge in [-0.1, -0.05) is 24.3 Å². The van der Waals surface area contributed by atoms with Gasteiger partial charge in [-0.05, 0) is 29.8 Å². The van der Waals surface area contributed by atoms with Gasteiger partial charge in [0.15, 0.2) is 0 Å². The van der Waals surface area contributed by atoms with E-state index in [1.807, 2.05) is 48.5 Å². The Labute approximate surface area is 99.5 Å². The lowest BCUT2D eigenvalue weighted by Crippen LogP contribution is -2.22. The van der Waals surface area contributed by atoms with Crippen LogP contribution >= 0.6 is 0 Å². The van der Waals surface area contributed by atoms with Gasteiger partial charge in [0, 0.05) is 16.9 Å². The van der Waals surface area contributed by atoms with Crippen molar-refractivity contribution in [1.29, 1.82) is 0 Å². The molecular formula is C14H12N2O. The Balaban J connectivity index is 2.02. The van der Waals surface area contributed by atoms with Crippen LogP contribution in [0.1, 0.15) is 15.9 Å². The van der Waals surface area contributed by atoms with Crippen LogP contribution in [0.3, 0.4) is 0 Å². The quantitative estimate of drug-likeness (QED) is 0.756. The van der Waals surface area contributed by atoms with Crippen molar-refractivity contribution in [2.45, 2.75) is 6.54 Å². The molecule has 1 heterocycles. The molecule has 1 aliphatic heterocycles. The third-order valence-corrected chi connectivity index (χ3v) is 3.00. The third-order valence-electron chi connectivity index (χ3n) is 3.00. The minimum atomic E-state index is 0.0474. The van der Waals surface area contributed by atoms with E-state index in [1.165, 1.54) is 0 Å². The highest BCUT2D eigenvalue weighted by molar-refractivity contribution is 6.10. The Bertz CT molecular complexity index is 592. The molecule has 0 spiro atoms. The number of nitrogens with two attached hydrogens (primary N) is 1. The highest BCUT2D eigenvalue weighted by Gasteiger charge is 2.27. The first-order valence-electron chi connectivity index (χ1n) is 5.51. The predicted octanol–water partition coefficient (Wildman–Crippen LogP) is 2.43. The summed E-state index contributed by atoms with van der Waals surface area (Å²) in [7, 11) is 0. The Morgan fingerprint density at radius 1 is 1.06 bits per heavy atom. The van der Waals surface area contributed by atoms with Crippen LogP contribution < -0.4 is 10.6 Å². The first-order chi connectivity index (χ1) is 8.25. The van der Waals surface area contributed by atoms with Crippen LogP contribution in [0.4, 0.5) is 11.4 Å². The Hall–Kier alpha value is -2.29. The molecule has 0 unspecified atom stereocenters. The minimum Gasteiger partial charge on any atom is -0.399 e. The van der Waals surface area contributed by atoms with Crippen molar-refractivity contribution in [3.63, 3.8) is 0 Å². The van der Waals surface area contributed by atoms with Gasteiger partial charge < -0.3 is 10.6 Å². The average molecular weight is 224 g/mol. The molecule has 84 valence electrons. The summed E-state index contributed by atoms with van der Waals surface area (Å²) in [6, 6.07) is 15.1. The number of carbonyl (C=O) groups is 1. The molecule has 0 saturated carbocycles. The Morgan fingerprint density at radius 3 is 2.65 bits per heavy atom. The number of amides is 1.